The van der Waals surface area contributed by atoms with Gasteiger partial charge >= 0.3 is 6.09 Å². The summed E-state index contributed by atoms with van der Waals surface area (Å²) in [5.74, 6) is -0.508. The maximum absolute atomic E-state index is 13.9. The summed E-state index contributed by atoms with van der Waals surface area (Å²) in [6.07, 6.45) is 0.0581. The van der Waals surface area contributed by atoms with E-state index in [1.165, 1.54) is 0 Å². The van der Waals surface area contributed by atoms with E-state index in [-0.39, 0.29) is 16.1 Å². The fraction of sp³-hybridized carbons (Fsp3) is 0.538. The number of alkyl carbamates (subject to hydrolysis) is 1. The third-order valence-corrected chi connectivity index (χ3v) is 8.31. The molecule has 1 fully saturated rings. The molecule has 1 heterocycles. The Bertz CT molecular complexity index is 1190. The van der Waals surface area contributed by atoms with E-state index in [2.05, 4.69) is 28.6 Å². The molecule has 1 aliphatic heterocycles. The minimum atomic E-state index is -3.99. The predicted octanol–water partition coefficient (Wildman–Crippen LogP) is 3.66. The summed E-state index contributed by atoms with van der Waals surface area (Å²) in [5, 5.41) is 9.00. The number of ether oxygens (including phenoxy) is 1. The van der Waals surface area contributed by atoms with Crippen LogP contribution in [0, 0.1) is 5.92 Å². The molecule has 8 nitrogen and oxygen atoms in total. The lowest BCUT2D eigenvalue weighted by molar-refractivity contribution is -0.124. The number of benzene rings is 2. The maximum atomic E-state index is 13.9. The van der Waals surface area contributed by atoms with E-state index in [1.54, 1.807) is 39.0 Å². The Kier molecular flexibility index (Phi) is 8.95. The number of sulfone groups is 1. The number of fused-ring (bicyclic) bond motifs is 1. The van der Waals surface area contributed by atoms with Gasteiger partial charge in [0.25, 0.3) is 0 Å². The van der Waals surface area contributed by atoms with Crippen molar-refractivity contribution in [2.45, 2.75) is 80.7 Å². The van der Waals surface area contributed by atoms with Gasteiger partial charge < -0.3 is 20.7 Å². The summed E-state index contributed by atoms with van der Waals surface area (Å²) in [6, 6.07) is 11.0. The van der Waals surface area contributed by atoms with Crippen LogP contribution in [0.1, 0.15) is 47.5 Å². The number of nitrogens with one attached hydrogen (secondary N) is 3. The lowest BCUT2D eigenvalue weighted by atomic mass is 10.0. The molecule has 3 N–H and O–H groups in total. The van der Waals surface area contributed by atoms with Crippen LogP contribution < -0.4 is 16.0 Å². The summed E-state index contributed by atoms with van der Waals surface area (Å²) < 4.78 is 33.1. The van der Waals surface area contributed by atoms with Crippen molar-refractivity contribution in [2.24, 2.45) is 5.92 Å². The second-order valence-corrected chi connectivity index (χ2v) is 13.5. The van der Waals surface area contributed by atoms with Gasteiger partial charge in [-0.25, -0.2) is 13.2 Å². The van der Waals surface area contributed by atoms with Crippen LogP contribution in [0.4, 0.5) is 4.79 Å². The number of hydrogen-bond acceptors (Lipinski definition) is 7. The van der Waals surface area contributed by atoms with Crippen LogP contribution in [0.15, 0.2) is 47.4 Å². The molecule has 4 atom stereocenters. The van der Waals surface area contributed by atoms with Crippen LogP contribution in [-0.2, 0) is 19.4 Å². The lowest BCUT2D eigenvalue weighted by Gasteiger charge is -2.29. The predicted molar refractivity (Wildman–Crippen MR) is 145 cm³/mol. The Balaban J connectivity index is 1.91. The van der Waals surface area contributed by atoms with Crippen molar-refractivity contribution < 1.29 is 22.7 Å². The summed E-state index contributed by atoms with van der Waals surface area (Å²) in [5.41, 5.74) is -0.736. The smallest absolute Gasteiger partial charge is 0.408 e. The normalized spacial score (nSPS) is 20.2. The Morgan fingerprint density at radius 1 is 1.11 bits per heavy atom. The molecule has 1 unspecified atom stereocenters. The van der Waals surface area contributed by atoms with Crippen molar-refractivity contribution in [3.8, 4) is 0 Å². The van der Waals surface area contributed by atoms with Crippen molar-refractivity contribution >= 4 is 45.2 Å². The van der Waals surface area contributed by atoms with Crippen molar-refractivity contribution in [3.05, 3.63) is 42.5 Å². The van der Waals surface area contributed by atoms with E-state index in [9.17, 15) is 18.0 Å². The maximum Gasteiger partial charge on any atom is 0.408 e. The van der Waals surface area contributed by atoms with Crippen molar-refractivity contribution in [1.29, 1.82) is 0 Å². The number of carbonyl (C=O) groups excluding carboxylic acids is 2. The zero-order valence-electron chi connectivity index (χ0n) is 21.4. The summed E-state index contributed by atoms with van der Waals surface area (Å²) in [7, 11) is -3.99. The molecule has 10 heteroatoms. The molecular formula is C26H37N3O5S2. The number of amides is 2. The Morgan fingerprint density at radius 3 is 2.36 bits per heavy atom. The molecule has 198 valence electrons. The van der Waals surface area contributed by atoms with Crippen LogP contribution in [-0.4, -0.2) is 55.3 Å². The van der Waals surface area contributed by atoms with Gasteiger partial charge in [-0.1, -0.05) is 44.2 Å². The first-order chi connectivity index (χ1) is 16.8. The second-order valence-electron chi connectivity index (χ2n) is 10.7. The summed E-state index contributed by atoms with van der Waals surface area (Å²) in [4.78, 5) is 26.0. The van der Waals surface area contributed by atoms with Crippen LogP contribution in [0.5, 0.6) is 0 Å². The quantitative estimate of drug-likeness (QED) is 0.384. The van der Waals surface area contributed by atoms with Crippen molar-refractivity contribution in [2.75, 3.05) is 6.54 Å². The Labute approximate surface area is 219 Å². The standard InChI is InChI=1S/C26H37N3O5S2/c1-16(2)12-21(28-25(31)34-26(3,4)5)23(30)29-24(22-14-19(35)15-27-22)36(32,33)20-11-10-17-8-6-7-9-18(17)13-20/h6-11,13,16,19,21-22,24,27,35H,12,14-15H2,1-5H3,(H,28,31)(H,29,30)/t19-,21?,22+,24+/m1/s1. The first-order valence-corrected chi connectivity index (χ1v) is 14.3. The molecule has 0 spiro atoms. The van der Waals surface area contributed by atoms with Crippen LogP contribution in [0.25, 0.3) is 10.8 Å². The molecule has 1 aliphatic rings. The summed E-state index contributed by atoms with van der Waals surface area (Å²) >= 11 is 4.50. The molecule has 3 rings (SSSR count). The second kappa shape index (κ2) is 11.4. The molecular weight excluding hydrogens is 498 g/mol. The van der Waals surface area contributed by atoms with Crippen LogP contribution >= 0.6 is 12.6 Å². The average Bonchev–Trinajstić information content (AvgIpc) is 3.20. The van der Waals surface area contributed by atoms with Gasteiger partial charge in [-0.3, -0.25) is 4.79 Å². The highest BCUT2D eigenvalue weighted by Crippen LogP contribution is 2.26. The van der Waals surface area contributed by atoms with Gasteiger partial charge in [-0.05, 0) is 62.4 Å². The number of carbonyl (C=O) groups is 2. The van der Waals surface area contributed by atoms with E-state index in [4.69, 9.17) is 4.74 Å². The highest BCUT2D eigenvalue weighted by atomic mass is 32.2. The largest absolute Gasteiger partial charge is 0.444 e. The average molecular weight is 536 g/mol. The SMILES string of the molecule is CC(C)CC(NC(=O)OC(C)(C)C)C(=O)N[C@H]([C@@H]1C[C@@H](S)CN1)S(=O)(=O)c1ccc2ccccc2c1. The molecule has 0 saturated carbocycles. The minimum absolute atomic E-state index is 0.0347. The van der Waals surface area contributed by atoms with E-state index in [0.29, 0.717) is 19.4 Å². The van der Waals surface area contributed by atoms with Gasteiger partial charge in [0.05, 0.1) is 4.90 Å². The topological polar surface area (TPSA) is 114 Å². The molecule has 0 aromatic heterocycles. The van der Waals surface area contributed by atoms with E-state index in [0.717, 1.165) is 10.8 Å². The highest BCUT2D eigenvalue weighted by molar-refractivity contribution is 7.92. The van der Waals surface area contributed by atoms with E-state index < -0.39 is 44.9 Å². The zero-order valence-corrected chi connectivity index (χ0v) is 23.2. The molecule has 0 aliphatic carbocycles. The molecule has 2 aromatic carbocycles. The van der Waals surface area contributed by atoms with Gasteiger partial charge in [0.2, 0.25) is 15.7 Å². The van der Waals surface area contributed by atoms with Crippen molar-refractivity contribution in [1.82, 2.24) is 16.0 Å². The van der Waals surface area contributed by atoms with Crippen LogP contribution in [0.2, 0.25) is 0 Å². The number of rotatable bonds is 8. The van der Waals surface area contributed by atoms with Crippen LogP contribution in [0.3, 0.4) is 0 Å². The van der Waals surface area contributed by atoms with Crippen molar-refractivity contribution in [3.63, 3.8) is 0 Å². The molecule has 36 heavy (non-hydrogen) atoms. The third-order valence-electron chi connectivity index (χ3n) is 5.89. The number of thiol groups is 1. The molecule has 0 radical (unpaired) electrons. The molecule has 2 aromatic rings. The van der Waals surface area contributed by atoms with E-state index >= 15 is 0 Å². The monoisotopic (exact) mass is 535 g/mol. The first-order valence-electron chi connectivity index (χ1n) is 12.2. The third kappa shape index (κ3) is 7.36. The molecule has 2 amide bonds. The highest BCUT2D eigenvalue weighted by Gasteiger charge is 2.41. The fourth-order valence-electron chi connectivity index (χ4n) is 4.26. The van der Waals surface area contributed by atoms with Gasteiger partial charge in [-0.2, -0.15) is 12.6 Å². The van der Waals surface area contributed by atoms with E-state index in [1.807, 2.05) is 38.1 Å². The van der Waals surface area contributed by atoms with Gasteiger partial charge in [0.1, 0.15) is 11.6 Å². The number of hydrogen-bond donors (Lipinski definition) is 4. The summed E-state index contributed by atoms with van der Waals surface area (Å²) in [6.45, 7) is 9.56. The first kappa shape index (κ1) is 28.3. The molecule has 1 saturated heterocycles. The van der Waals surface area contributed by atoms with Gasteiger partial charge in [-0.15, -0.1) is 0 Å². The fourth-order valence-corrected chi connectivity index (χ4v) is 6.34. The minimum Gasteiger partial charge on any atom is -0.444 e. The lowest BCUT2D eigenvalue weighted by Crippen LogP contribution is -2.57. The molecule has 0 bridgehead atoms. The zero-order chi connectivity index (χ0) is 26.7. The van der Waals surface area contributed by atoms with Gasteiger partial charge in [0, 0.05) is 17.8 Å². The Morgan fingerprint density at radius 2 is 1.78 bits per heavy atom. The Hall–Kier alpha value is -2.30. The van der Waals surface area contributed by atoms with Gasteiger partial charge in [0.15, 0.2) is 5.37 Å².